The van der Waals surface area contributed by atoms with Crippen LogP contribution in [0, 0.1) is 11.7 Å². The fourth-order valence-corrected chi connectivity index (χ4v) is 6.19. The summed E-state index contributed by atoms with van der Waals surface area (Å²) >= 11 is 6.06. The Balaban J connectivity index is 1.29. The van der Waals surface area contributed by atoms with Gasteiger partial charge in [-0.05, 0) is 97.1 Å². The third-order valence-electron chi connectivity index (χ3n) is 8.51. The summed E-state index contributed by atoms with van der Waals surface area (Å²) in [6, 6.07) is 9.89. The zero-order valence-corrected chi connectivity index (χ0v) is 26.4. The van der Waals surface area contributed by atoms with E-state index in [2.05, 4.69) is 31.1 Å². The highest BCUT2D eigenvalue weighted by Gasteiger charge is 2.37. The molecule has 2 aliphatic rings. The van der Waals surface area contributed by atoms with Crippen LogP contribution in [0.25, 0.3) is 11.8 Å². The third-order valence-corrected chi connectivity index (χ3v) is 8.80. The molecule has 4 aromatic rings. The zero-order chi connectivity index (χ0) is 33.6. The Hall–Kier alpha value is -5.21. The first-order chi connectivity index (χ1) is 23.3. The number of carbonyl (C=O) groups excluding carboxylic acids is 2. The molecule has 6 rings (SSSR count). The lowest BCUT2D eigenvalue weighted by Gasteiger charge is -2.36. The van der Waals surface area contributed by atoms with Crippen molar-refractivity contribution >= 4 is 41.3 Å². The van der Waals surface area contributed by atoms with Gasteiger partial charge >= 0.3 is 5.97 Å². The first-order valence-electron chi connectivity index (χ1n) is 15.5. The molecule has 248 valence electrons. The number of anilines is 1. The van der Waals surface area contributed by atoms with Gasteiger partial charge < -0.3 is 25.4 Å². The fourth-order valence-electron chi connectivity index (χ4n) is 6.02. The van der Waals surface area contributed by atoms with Crippen LogP contribution in [-0.2, 0) is 16.0 Å². The van der Waals surface area contributed by atoms with Gasteiger partial charge in [-0.1, -0.05) is 23.7 Å². The van der Waals surface area contributed by atoms with Gasteiger partial charge in [0.2, 0.25) is 5.91 Å². The number of carboxylic acid groups (broad SMARTS) is 1. The zero-order valence-electron chi connectivity index (χ0n) is 25.7. The number of piperidine rings is 1. The van der Waals surface area contributed by atoms with E-state index in [1.165, 1.54) is 52.3 Å². The number of benzene rings is 2. The Morgan fingerprint density at radius 1 is 1.15 bits per heavy atom. The van der Waals surface area contributed by atoms with Crippen molar-refractivity contribution in [2.24, 2.45) is 5.92 Å². The molecule has 1 fully saturated rings. The van der Waals surface area contributed by atoms with E-state index in [1.807, 2.05) is 6.07 Å². The molecule has 13 nitrogen and oxygen atoms in total. The van der Waals surface area contributed by atoms with Crippen molar-refractivity contribution in [3.8, 4) is 11.4 Å². The van der Waals surface area contributed by atoms with Crippen molar-refractivity contribution in [1.82, 2.24) is 35.4 Å². The topological polar surface area (TPSA) is 164 Å². The molecule has 1 atom stereocenters. The number of amides is 2. The molecule has 0 radical (unpaired) electrons. The molecule has 4 heterocycles. The van der Waals surface area contributed by atoms with E-state index in [9.17, 15) is 19.5 Å². The van der Waals surface area contributed by atoms with Gasteiger partial charge in [0.05, 0.1) is 22.9 Å². The van der Waals surface area contributed by atoms with Gasteiger partial charge in [-0.15, -0.1) is 5.10 Å². The minimum atomic E-state index is -1.16. The largest absolute Gasteiger partial charge is 0.493 e. The number of tetrazole rings is 1. The van der Waals surface area contributed by atoms with E-state index in [0.717, 1.165) is 44.1 Å². The van der Waals surface area contributed by atoms with E-state index in [-0.39, 0.29) is 34.2 Å². The number of nitrogens with zero attached hydrogens (tertiary/aromatic N) is 6. The Labute approximate surface area is 279 Å². The predicted molar refractivity (Wildman–Crippen MR) is 173 cm³/mol. The SMILES string of the molecule is O=C(O)c1ccc(NC(=O)[C@@H]2c3cccc(OCCC4CCNCC4)c3CCN2C(=O)/C=C/c2c(-n3cnnn3)ccc(Cl)c2F)nc1. The van der Waals surface area contributed by atoms with Crippen molar-refractivity contribution in [3.63, 3.8) is 0 Å². The lowest BCUT2D eigenvalue weighted by molar-refractivity contribution is -0.135. The minimum absolute atomic E-state index is 0.0197. The van der Waals surface area contributed by atoms with Gasteiger partial charge in [0.25, 0.3) is 5.91 Å². The summed E-state index contributed by atoms with van der Waals surface area (Å²) in [5.41, 5.74) is 1.58. The Kier molecular flexibility index (Phi) is 10.0. The molecule has 2 amide bonds. The summed E-state index contributed by atoms with van der Waals surface area (Å²) in [5.74, 6) is -1.71. The first-order valence-corrected chi connectivity index (χ1v) is 15.8. The first kappa shape index (κ1) is 32.7. The van der Waals surface area contributed by atoms with E-state index >= 15 is 4.39 Å². The molecule has 48 heavy (non-hydrogen) atoms. The number of carboxylic acids is 1. The molecule has 0 saturated carbocycles. The van der Waals surface area contributed by atoms with E-state index in [0.29, 0.717) is 30.3 Å². The van der Waals surface area contributed by atoms with Crippen LogP contribution in [0.4, 0.5) is 10.2 Å². The van der Waals surface area contributed by atoms with Crippen molar-refractivity contribution in [1.29, 1.82) is 0 Å². The van der Waals surface area contributed by atoms with Crippen LogP contribution in [0.15, 0.2) is 61.1 Å². The quantitative estimate of drug-likeness (QED) is 0.209. The number of hydrogen-bond donors (Lipinski definition) is 3. The number of halogens is 2. The monoisotopic (exact) mass is 674 g/mol. The number of hydrogen-bond acceptors (Lipinski definition) is 9. The number of aromatic nitrogens is 5. The molecule has 0 unspecified atom stereocenters. The Morgan fingerprint density at radius 3 is 2.71 bits per heavy atom. The molecule has 2 aliphatic heterocycles. The van der Waals surface area contributed by atoms with Crippen LogP contribution in [-0.4, -0.2) is 79.2 Å². The summed E-state index contributed by atoms with van der Waals surface area (Å²) in [5, 5.41) is 26.2. The normalized spacial score (nSPS) is 16.5. The predicted octanol–water partition coefficient (Wildman–Crippen LogP) is 4.09. The van der Waals surface area contributed by atoms with Gasteiger partial charge in [0.15, 0.2) is 5.82 Å². The number of rotatable bonds is 10. The van der Waals surface area contributed by atoms with Gasteiger partial charge in [0.1, 0.15) is 23.9 Å². The van der Waals surface area contributed by atoms with Gasteiger partial charge in [-0.3, -0.25) is 9.59 Å². The highest BCUT2D eigenvalue weighted by atomic mass is 35.5. The fraction of sp³-hybridized carbons (Fsp3) is 0.303. The number of ether oxygens (including phenoxy) is 1. The number of pyridine rings is 1. The highest BCUT2D eigenvalue weighted by molar-refractivity contribution is 6.31. The van der Waals surface area contributed by atoms with Gasteiger partial charge in [-0.25, -0.2) is 14.2 Å². The molecule has 0 aliphatic carbocycles. The van der Waals surface area contributed by atoms with Gasteiger partial charge in [0, 0.05) is 29.9 Å². The maximum absolute atomic E-state index is 15.2. The molecular formula is C33H32ClFN8O5. The van der Waals surface area contributed by atoms with Crippen molar-refractivity contribution < 1.29 is 28.6 Å². The maximum Gasteiger partial charge on any atom is 0.337 e. The van der Waals surface area contributed by atoms with Crippen LogP contribution in [0.3, 0.4) is 0 Å². The van der Waals surface area contributed by atoms with Crippen LogP contribution in [0.2, 0.25) is 5.02 Å². The number of nitrogens with one attached hydrogen (secondary N) is 2. The minimum Gasteiger partial charge on any atom is -0.493 e. The summed E-state index contributed by atoms with van der Waals surface area (Å²) < 4.78 is 22.7. The van der Waals surface area contributed by atoms with E-state index in [1.54, 1.807) is 12.1 Å². The van der Waals surface area contributed by atoms with Crippen LogP contribution < -0.4 is 15.4 Å². The Morgan fingerprint density at radius 2 is 1.98 bits per heavy atom. The summed E-state index contributed by atoms with van der Waals surface area (Å²) in [6.45, 7) is 2.68. The molecular weight excluding hydrogens is 643 g/mol. The molecule has 3 N–H and O–H groups in total. The van der Waals surface area contributed by atoms with Crippen LogP contribution in [0.1, 0.15) is 52.4 Å². The van der Waals surface area contributed by atoms with Crippen molar-refractivity contribution in [3.05, 3.63) is 94.2 Å². The second kappa shape index (κ2) is 14.7. The average Bonchev–Trinajstić information content (AvgIpc) is 3.64. The highest BCUT2D eigenvalue weighted by Crippen LogP contribution is 2.37. The maximum atomic E-state index is 15.2. The van der Waals surface area contributed by atoms with E-state index in [4.69, 9.17) is 16.3 Å². The van der Waals surface area contributed by atoms with E-state index < -0.39 is 29.6 Å². The third kappa shape index (κ3) is 7.19. The molecule has 2 aromatic carbocycles. The smallest absolute Gasteiger partial charge is 0.337 e. The molecule has 2 aromatic heterocycles. The standard InChI is InChI=1S/C33H32ClFN8O5/c34-25-6-7-26(43-19-38-40-41-43)24(30(25)35)5-9-29(44)42-16-12-22-23(2-1-3-27(22)48-17-13-20-10-14-36-15-11-20)31(42)32(45)39-28-8-4-21(18-37-28)33(46)47/h1-9,18-20,31,36H,10-17H2,(H,46,47)(H,37,39,45)/b9-5+/t31-/m0/s1. The number of carbonyl (C=O) groups is 3. The second-order valence-electron chi connectivity index (χ2n) is 11.4. The van der Waals surface area contributed by atoms with Crippen molar-refractivity contribution in [2.45, 2.75) is 31.7 Å². The summed E-state index contributed by atoms with van der Waals surface area (Å²) in [4.78, 5) is 44.5. The number of fused-ring (bicyclic) bond motifs is 1. The Bertz CT molecular complexity index is 1830. The average molecular weight is 675 g/mol. The van der Waals surface area contributed by atoms with Gasteiger partial charge in [-0.2, -0.15) is 4.68 Å². The van der Waals surface area contributed by atoms with Crippen molar-refractivity contribution in [2.75, 3.05) is 31.6 Å². The molecule has 0 bridgehead atoms. The molecule has 0 spiro atoms. The second-order valence-corrected chi connectivity index (χ2v) is 11.9. The molecule has 1 saturated heterocycles. The van der Waals surface area contributed by atoms with Crippen LogP contribution >= 0.6 is 11.6 Å². The number of aromatic carboxylic acids is 1. The van der Waals surface area contributed by atoms with Crippen LogP contribution in [0.5, 0.6) is 5.75 Å². The lowest BCUT2D eigenvalue weighted by atomic mass is 9.90. The lowest BCUT2D eigenvalue weighted by Crippen LogP contribution is -2.45. The summed E-state index contributed by atoms with van der Waals surface area (Å²) in [7, 11) is 0. The molecule has 15 heteroatoms. The summed E-state index contributed by atoms with van der Waals surface area (Å²) in [6.07, 6.45) is 8.39.